The van der Waals surface area contributed by atoms with Crippen molar-refractivity contribution in [2.45, 2.75) is 36.5 Å². The van der Waals surface area contributed by atoms with Crippen LogP contribution in [-0.4, -0.2) is 37.6 Å². The molecule has 6 heteroatoms. The van der Waals surface area contributed by atoms with Crippen molar-refractivity contribution in [2.24, 2.45) is 5.73 Å². The summed E-state index contributed by atoms with van der Waals surface area (Å²) >= 11 is 0. The first kappa shape index (κ1) is 15.0. The van der Waals surface area contributed by atoms with E-state index in [1.165, 1.54) is 6.92 Å². The quantitative estimate of drug-likeness (QED) is 0.900. The normalized spacial score (nSPS) is 17.2. The Morgan fingerprint density at radius 2 is 1.80 bits per heavy atom. The Balaban J connectivity index is 2.13. The molecule has 0 radical (unpaired) electrons. The standard InChI is InChI=1S/C14H20N2O3S/c1-11(17)16-8-6-14(7-9-16)20(18,19)13-4-2-12(10-15)3-5-13/h2-5,14H,6-10,15H2,1H3. The first-order chi connectivity index (χ1) is 9.45. The lowest BCUT2D eigenvalue weighted by Crippen LogP contribution is -2.41. The van der Waals surface area contributed by atoms with Crippen LogP contribution in [0.2, 0.25) is 0 Å². The average molecular weight is 296 g/mol. The number of carbonyl (C=O) groups is 1. The predicted molar refractivity (Wildman–Crippen MR) is 76.8 cm³/mol. The summed E-state index contributed by atoms with van der Waals surface area (Å²) in [5.74, 6) is 0.00754. The maximum Gasteiger partial charge on any atom is 0.219 e. The highest BCUT2D eigenvalue weighted by Gasteiger charge is 2.31. The van der Waals surface area contributed by atoms with Crippen molar-refractivity contribution in [3.8, 4) is 0 Å². The van der Waals surface area contributed by atoms with Crippen LogP contribution in [0.1, 0.15) is 25.3 Å². The van der Waals surface area contributed by atoms with E-state index in [1.807, 2.05) is 0 Å². The SMILES string of the molecule is CC(=O)N1CCC(S(=O)(=O)c2ccc(CN)cc2)CC1. The zero-order valence-electron chi connectivity index (χ0n) is 11.6. The van der Waals surface area contributed by atoms with Gasteiger partial charge in [-0.05, 0) is 30.5 Å². The molecule has 1 fully saturated rings. The number of nitrogens with two attached hydrogens (primary N) is 1. The third-order valence-electron chi connectivity index (χ3n) is 3.81. The Kier molecular flexibility index (Phi) is 4.45. The van der Waals surface area contributed by atoms with Crippen LogP contribution < -0.4 is 5.73 Å². The molecule has 2 N–H and O–H groups in total. The van der Waals surface area contributed by atoms with Gasteiger partial charge in [-0.25, -0.2) is 8.42 Å². The monoisotopic (exact) mass is 296 g/mol. The molecule has 1 aromatic rings. The minimum absolute atomic E-state index is 0.00754. The molecule has 1 aliphatic rings. The Morgan fingerprint density at radius 3 is 2.25 bits per heavy atom. The van der Waals surface area contributed by atoms with Crippen LogP contribution in [0.4, 0.5) is 0 Å². The number of piperidine rings is 1. The van der Waals surface area contributed by atoms with Crippen LogP contribution in [0.5, 0.6) is 0 Å². The number of sulfone groups is 1. The Labute approximate surface area is 119 Å². The van der Waals surface area contributed by atoms with Gasteiger partial charge in [-0.3, -0.25) is 4.79 Å². The fraction of sp³-hybridized carbons (Fsp3) is 0.500. The summed E-state index contributed by atoms with van der Waals surface area (Å²) in [6.07, 6.45) is 1.00. The molecule has 1 saturated heterocycles. The van der Waals surface area contributed by atoms with Crippen LogP contribution >= 0.6 is 0 Å². The minimum atomic E-state index is -3.31. The minimum Gasteiger partial charge on any atom is -0.343 e. The van der Waals surface area contributed by atoms with Crippen LogP contribution in [0.25, 0.3) is 0 Å². The predicted octanol–water partition coefficient (Wildman–Crippen LogP) is 0.930. The van der Waals surface area contributed by atoms with Crippen molar-refractivity contribution >= 4 is 15.7 Å². The fourth-order valence-electron chi connectivity index (χ4n) is 2.49. The topological polar surface area (TPSA) is 80.5 Å². The molecule has 1 heterocycles. The second-order valence-electron chi connectivity index (χ2n) is 5.10. The van der Waals surface area contributed by atoms with Gasteiger partial charge in [-0.15, -0.1) is 0 Å². The zero-order valence-corrected chi connectivity index (χ0v) is 12.4. The van der Waals surface area contributed by atoms with Crippen LogP contribution in [0.3, 0.4) is 0 Å². The maximum absolute atomic E-state index is 12.5. The number of amides is 1. The van der Waals surface area contributed by atoms with E-state index >= 15 is 0 Å². The molecule has 1 aromatic carbocycles. The highest BCUT2D eigenvalue weighted by molar-refractivity contribution is 7.92. The summed E-state index contributed by atoms with van der Waals surface area (Å²) in [4.78, 5) is 13.3. The van der Waals surface area contributed by atoms with Gasteiger partial charge in [0.2, 0.25) is 5.91 Å². The molecule has 20 heavy (non-hydrogen) atoms. The van der Waals surface area contributed by atoms with Gasteiger partial charge in [0.15, 0.2) is 9.84 Å². The van der Waals surface area contributed by atoms with Gasteiger partial charge in [0.05, 0.1) is 10.1 Å². The lowest BCUT2D eigenvalue weighted by Gasteiger charge is -2.31. The van der Waals surface area contributed by atoms with E-state index in [-0.39, 0.29) is 5.91 Å². The smallest absolute Gasteiger partial charge is 0.219 e. The van der Waals surface area contributed by atoms with E-state index in [9.17, 15) is 13.2 Å². The van der Waals surface area contributed by atoms with Crippen LogP contribution in [0.15, 0.2) is 29.2 Å². The third kappa shape index (κ3) is 3.02. The average Bonchev–Trinajstić information content (AvgIpc) is 2.47. The first-order valence-electron chi connectivity index (χ1n) is 6.73. The summed E-state index contributed by atoms with van der Waals surface area (Å²) < 4.78 is 25.1. The van der Waals surface area contributed by atoms with Gasteiger partial charge < -0.3 is 10.6 Å². The molecule has 0 saturated carbocycles. The number of hydrogen-bond donors (Lipinski definition) is 1. The lowest BCUT2D eigenvalue weighted by atomic mass is 10.1. The van der Waals surface area contributed by atoms with Gasteiger partial charge >= 0.3 is 0 Å². The van der Waals surface area contributed by atoms with Crippen molar-refractivity contribution in [3.05, 3.63) is 29.8 Å². The summed E-state index contributed by atoms with van der Waals surface area (Å²) in [5.41, 5.74) is 6.42. The summed E-state index contributed by atoms with van der Waals surface area (Å²) in [6.45, 7) is 2.94. The second-order valence-corrected chi connectivity index (χ2v) is 7.33. The highest BCUT2D eigenvalue weighted by Crippen LogP contribution is 2.24. The Morgan fingerprint density at radius 1 is 1.25 bits per heavy atom. The van der Waals surface area contributed by atoms with Crippen molar-refractivity contribution in [3.63, 3.8) is 0 Å². The van der Waals surface area contributed by atoms with Gasteiger partial charge in [-0.1, -0.05) is 12.1 Å². The molecular formula is C14H20N2O3S. The maximum atomic E-state index is 12.5. The molecular weight excluding hydrogens is 276 g/mol. The molecule has 2 rings (SSSR count). The molecule has 0 atom stereocenters. The molecule has 1 amide bonds. The largest absolute Gasteiger partial charge is 0.343 e. The molecule has 1 aliphatic heterocycles. The molecule has 5 nitrogen and oxygen atoms in total. The van der Waals surface area contributed by atoms with Gasteiger partial charge in [0.25, 0.3) is 0 Å². The van der Waals surface area contributed by atoms with Crippen molar-refractivity contribution in [1.82, 2.24) is 4.90 Å². The molecule has 0 aliphatic carbocycles. The van der Waals surface area contributed by atoms with Crippen molar-refractivity contribution in [1.29, 1.82) is 0 Å². The van der Waals surface area contributed by atoms with E-state index in [1.54, 1.807) is 29.2 Å². The fourth-order valence-corrected chi connectivity index (χ4v) is 4.22. The summed E-state index contributed by atoms with van der Waals surface area (Å²) in [5, 5.41) is -0.401. The number of rotatable bonds is 3. The highest BCUT2D eigenvalue weighted by atomic mass is 32.2. The summed E-state index contributed by atoms with van der Waals surface area (Å²) in [7, 11) is -3.31. The lowest BCUT2D eigenvalue weighted by molar-refractivity contribution is -0.129. The molecule has 0 spiro atoms. The van der Waals surface area contributed by atoms with E-state index in [4.69, 9.17) is 5.73 Å². The first-order valence-corrected chi connectivity index (χ1v) is 8.28. The van der Waals surface area contributed by atoms with E-state index in [2.05, 4.69) is 0 Å². The molecule has 110 valence electrons. The van der Waals surface area contributed by atoms with Crippen LogP contribution in [0, 0.1) is 0 Å². The van der Waals surface area contributed by atoms with Gasteiger partial charge in [0.1, 0.15) is 0 Å². The van der Waals surface area contributed by atoms with Crippen molar-refractivity contribution < 1.29 is 13.2 Å². The Bertz CT molecular complexity index is 573. The number of nitrogens with zero attached hydrogens (tertiary/aromatic N) is 1. The summed E-state index contributed by atoms with van der Waals surface area (Å²) in [6, 6.07) is 6.74. The molecule has 0 bridgehead atoms. The molecule has 0 unspecified atom stereocenters. The number of benzene rings is 1. The van der Waals surface area contributed by atoms with E-state index < -0.39 is 15.1 Å². The van der Waals surface area contributed by atoms with Gasteiger partial charge in [-0.2, -0.15) is 0 Å². The number of likely N-dealkylation sites (tertiary alicyclic amines) is 1. The third-order valence-corrected chi connectivity index (χ3v) is 6.09. The van der Waals surface area contributed by atoms with Crippen LogP contribution in [-0.2, 0) is 21.2 Å². The van der Waals surface area contributed by atoms with Gasteiger partial charge in [0, 0.05) is 26.6 Å². The van der Waals surface area contributed by atoms with E-state index in [0.29, 0.717) is 37.4 Å². The van der Waals surface area contributed by atoms with E-state index in [0.717, 1.165) is 5.56 Å². The number of carbonyl (C=O) groups excluding carboxylic acids is 1. The zero-order chi connectivity index (χ0) is 14.8. The second kappa shape index (κ2) is 5.93. The molecule has 0 aromatic heterocycles. The Hall–Kier alpha value is -1.40. The van der Waals surface area contributed by atoms with Crippen molar-refractivity contribution in [2.75, 3.05) is 13.1 Å². The number of hydrogen-bond acceptors (Lipinski definition) is 4.